The summed E-state index contributed by atoms with van der Waals surface area (Å²) >= 11 is 1.59. The summed E-state index contributed by atoms with van der Waals surface area (Å²) < 4.78 is 8.61. The molecule has 0 amide bonds. The number of allylic oxidation sites excluding steroid dienone is 10. The van der Waals surface area contributed by atoms with E-state index in [0.717, 1.165) is 70.1 Å². The van der Waals surface area contributed by atoms with Crippen LogP contribution < -0.4 is 0 Å². The summed E-state index contributed by atoms with van der Waals surface area (Å²) in [6.07, 6.45) is 24.0. The zero-order valence-electron chi connectivity index (χ0n) is 25.9. The number of rotatable bonds is 10. The first-order valence-electron chi connectivity index (χ1n) is 15.1. The van der Waals surface area contributed by atoms with Crippen LogP contribution in [0.1, 0.15) is 83.3 Å². The van der Waals surface area contributed by atoms with Gasteiger partial charge in [-0.2, -0.15) is 0 Å². The van der Waals surface area contributed by atoms with E-state index >= 15 is 0 Å². The molecule has 9 heteroatoms. The molecule has 0 aliphatic heterocycles. The lowest BCUT2D eigenvalue weighted by Crippen LogP contribution is -2.15. The summed E-state index contributed by atoms with van der Waals surface area (Å²) in [7, 11) is 1.00. The quantitative estimate of drug-likeness (QED) is 0.102. The van der Waals surface area contributed by atoms with Gasteiger partial charge >= 0.3 is 5.97 Å². The SMILES string of the molecule is C/C=C\C(=C=C/C=C/C=O)c1nc(C)sc1COC1=CC=C(c2nc3cc(C(=O)O)ccc3n2C2CCCCC2)CC=C1.CO. The molecule has 2 aliphatic carbocycles. The van der Waals surface area contributed by atoms with Gasteiger partial charge in [-0.3, -0.25) is 4.79 Å². The average Bonchev–Trinajstić information content (AvgIpc) is 3.53. The van der Waals surface area contributed by atoms with Crippen molar-refractivity contribution in [1.82, 2.24) is 14.5 Å². The number of carboxylic acid groups (broad SMARTS) is 1. The van der Waals surface area contributed by atoms with E-state index in [9.17, 15) is 14.7 Å². The minimum absolute atomic E-state index is 0.246. The van der Waals surface area contributed by atoms with E-state index in [1.165, 1.54) is 25.3 Å². The van der Waals surface area contributed by atoms with Gasteiger partial charge in [0.2, 0.25) is 0 Å². The van der Waals surface area contributed by atoms with E-state index in [1.54, 1.807) is 35.6 Å². The number of aliphatic hydroxyl groups excluding tert-OH is 1. The Morgan fingerprint density at radius 1 is 1.16 bits per heavy atom. The maximum atomic E-state index is 11.6. The molecule has 8 nitrogen and oxygen atoms in total. The smallest absolute Gasteiger partial charge is 0.335 e. The Morgan fingerprint density at radius 3 is 2.69 bits per heavy atom. The molecule has 0 bridgehead atoms. The fraction of sp³-hybridized carbons (Fsp3) is 0.306. The van der Waals surface area contributed by atoms with Gasteiger partial charge in [0.05, 0.1) is 32.2 Å². The second-order valence-electron chi connectivity index (χ2n) is 10.5. The Morgan fingerprint density at radius 2 is 1.96 bits per heavy atom. The molecule has 234 valence electrons. The molecule has 0 saturated heterocycles. The Labute approximate surface area is 267 Å². The molecule has 0 spiro atoms. The highest BCUT2D eigenvalue weighted by molar-refractivity contribution is 7.11. The summed E-state index contributed by atoms with van der Waals surface area (Å²) in [6.45, 7) is 4.27. The zero-order valence-corrected chi connectivity index (χ0v) is 26.7. The Hall–Kier alpha value is -4.56. The normalized spacial score (nSPS) is 15.2. The molecule has 2 N–H and O–H groups in total. The van der Waals surface area contributed by atoms with Gasteiger partial charge in [0.25, 0.3) is 0 Å². The molecule has 2 heterocycles. The van der Waals surface area contributed by atoms with E-state index < -0.39 is 5.97 Å². The highest BCUT2D eigenvalue weighted by atomic mass is 32.1. The number of aryl methyl sites for hydroxylation is 1. The molecule has 0 atom stereocenters. The van der Waals surface area contributed by atoms with Gasteiger partial charge in [0, 0.05) is 18.7 Å². The van der Waals surface area contributed by atoms with Crippen LogP contribution in [0, 0.1) is 6.92 Å². The largest absolute Gasteiger partial charge is 0.488 e. The van der Waals surface area contributed by atoms with Crippen LogP contribution in [0.3, 0.4) is 0 Å². The van der Waals surface area contributed by atoms with Gasteiger partial charge in [-0.1, -0.05) is 43.6 Å². The average molecular weight is 626 g/mol. The van der Waals surface area contributed by atoms with E-state index in [0.29, 0.717) is 24.6 Å². The first-order valence-corrected chi connectivity index (χ1v) is 15.9. The lowest BCUT2D eigenvalue weighted by molar-refractivity contribution is -0.104. The first kappa shape index (κ1) is 33.3. The molecular formula is C36H39N3O5S. The third kappa shape index (κ3) is 8.34. The van der Waals surface area contributed by atoms with Crippen molar-refractivity contribution in [2.75, 3.05) is 7.11 Å². The van der Waals surface area contributed by atoms with Gasteiger partial charge in [0.15, 0.2) is 0 Å². The molecule has 0 radical (unpaired) electrons. The zero-order chi connectivity index (χ0) is 32.2. The number of nitrogens with zero attached hydrogens (tertiary/aromatic N) is 3. The summed E-state index contributed by atoms with van der Waals surface area (Å²) in [4.78, 5) is 32.9. The molecule has 3 aromatic rings. The van der Waals surface area contributed by atoms with Crippen molar-refractivity contribution < 1.29 is 24.5 Å². The van der Waals surface area contributed by atoms with Gasteiger partial charge in [-0.15, -0.1) is 17.1 Å². The lowest BCUT2D eigenvalue weighted by Gasteiger charge is -2.26. The van der Waals surface area contributed by atoms with Crippen molar-refractivity contribution >= 4 is 45.8 Å². The van der Waals surface area contributed by atoms with Crippen molar-refractivity contribution in [1.29, 1.82) is 0 Å². The number of aliphatic hydroxyl groups is 1. The summed E-state index contributed by atoms with van der Waals surface area (Å²) in [5.74, 6) is 0.681. The maximum absolute atomic E-state index is 11.6. The number of carbonyl (C=O) groups is 2. The molecule has 1 fully saturated rings. The van der Waals surface area contributed by atoms with Gasteiger partial charge in [0.1, 0.15) is 24.5 Å². The molecule has 1 aromatic carbocycles. The third-order valence-corrected chi connectivity index (χ3v) is 8.46. The van der Waals surface area contributed by atoms with E-state index in [4.69, 9.17) is 19.8 Å². The van der Waals surface area contributed by atoms with Gasteiger partial charge in [-0.25, -0.2) is 14.8 Å². The fourth-order valence-corrected chi connectivity index (χ4v) is 6.43. The van der Waals surface area contributed by atoms with Crippen molar-refractivity contribution in [3.8, 4) is 0 Å². The summed E-state index contributed by atoms with van der Waals surface area (Å²) in [5.41, 5.74) is 7.86. The molecule has 45 heavy (non-hydrogen) atoms. The van der Waals surface area contributed by atoms with Crippen molar-refractivity contribution in [2.24, 2.45) is 0 Å². The fourth-order valence-electron chi connectivity index (χ4n) is 5.56. The number of ether oxygens (including phenoxy) is 1. The minimum atomic E-state index is -0.949. The second kappa shape index (κ2) is 16.5. The molecular weight excluding hydrogens is 586 g/mol. The van der Waals surface area contributed by atoms with Crippen LogP contribution in [0.2, 0.25) is 0 Å². The Bertz CT molecular complexity index is 1740. The number of aromatic carboxylic acids is 1. The number of aldehydes is 1. The number of hydrogen-bond donors (Lipinski definition) is 2. The number of hydrogen-bond acceptors (Lipinski definition) is 7. The van der Waals surface area contributed by atoms with E-state index in [-0.39, 0.29) is 5.56 Å². The number of fused-ring (bicyclic) bond motifs is 1. The highest BCUT2D eigenvalue weighted by Gasteiger charge is 2.24. The number of benzene rings is 1. The predicted molar refractivity (Wildman–Crippen MR) is 180 cm³/mol. The van der Waals surface area contributed by atoms with E-state index in [2.05, 4.69) is 22.5 Å². The predicted octanol–water partition coefficient (Wildman–Crippen LogP) is 7.93. The lowest BCUT2D eigenvalue weighted by atomic mass is 9.94. The minimum Gasteiger partial charge on any atom is -0.488 e. The number of aromatic nitrogens is 3. The van der Waals surface area contributed by atoms with Gasteiger partial charge < -0.3 is 19.5 Å². The Kier molecular flexibility index (Phi) is 12.2. The third-order valence-electron chi connectivity index (χ3n) is 7.52. The van der Waals surface area contributed by atoms with Crippen molar-refractivity contribution in [2.45, 2.75) is 65.0 Å². The molecule has 0 unspecified atom stereocenters. The summed E-state index contributed by atoms with van der Waals surface area (Å²) in [6, 6.07) is 5.59. The van der Waals surface area contributed by atoms with Crippen LogP contribution in [-0.2, 0) is 16.1 Å². The van der Waals surface area contributed by atoms with E-state index in [1.807, 2.05) is 44.2 Å². The van der Waals surface area contributed by atoms with Crippen LogP contribution >= 0.6 is 11.3 Å². The summed E-state index contributed by atoms with van der Waals surface area (Å²) in [5, 5.41) is 17.5. The number of carboxylic acids is 1. The standard InChI is InChI=1S/C35H35N3O4S.CH4O/c1-3-11-25(12-6-5-9-21-39)33-32(43-24(2)36-33)23-42-29-16-10-13-26(17-19-29)34-37-30-22-27(35(40)41)18-20-31(30)38(34)28-14-7-4-8-15-28;1-2/h3,5-6,9-11,16-22,28H,4,7-8,13-15,23H2,1-2H3,(H,40,41);2H,1H3/b9-5+,11-3-;. The highest BCUT2D eigenvalue weighted by Crippen LogP contribution is 2.36. The number of thiazole rings is 1. The number of carbonyl (C=O) groups excluding carboxylic acids is 1. The molecule has 1 saturated carbocycles. The van der Waals surface area contributed by atoms with Crippen LogP contribution in [0.5, 0.6) is 0 Å². The van der Waals surface area contributed by atoms with Crippen LogP contribution in [0.15, 0.2) is 84.4 Å². The van der Waals surface area contributed by atoms with Crippen molar-refractivity contribution in [3.63, 3.8) is 0 Å². The maximum Gasteiger partial charge on any atom is 0.335 e. The second-order valence-corrected chi connectivity index (χ2v) is 11.8. The molecule has 2 aromatic heterocycles. The van der Waals surface area contributed by atoms with Crippen LogP contribution in [0.25, 0.3) is 22.2 Å². The molecule has 2 aliphatic rings. The first-order chi connectivity index (χ1) is 22.0. The number of imidazole rings is 1. The van der Waals surface area contributed by atoms with Crippen molar-refractivity contribution in [3.05, 3.63) is 111 Å². The topological polar surface area (TPSA) is 115 Å². The molecule has 5 rings (SSSR count). The van der Waals surface area contributed by atoms with Crippen LogP contribution in [0.4, 0.5) is 0 Å². The van der Waals surface area contributed by atoms with Crippen LogP contribution in [-0.4, -0.2) is 44.1 Å². The monoisotopic (exact) mass is 625 g/mol. The Balaban J connectivity index is 0.00000226. The van der Waals surface area contributed by atoms with Gasteiger partial charge in [-0.05, 0) is 87.3 Å².